The molecule has 118 valence electrons. The first-order chi connectivity index (χ1) is 9.79. The summed E-state index contributed by atoms with van der Waals surface area (Å²) in [4.78, 5) is 14.0. The molecular formula is C16H25ClN2O2. The van der Waals surface area contributed by atoms with Crippen LogP contribution in [0.3, 0.4) is 0 Å². The third-order valence-corrected chi connectivity index (χ3v) is 3.76. The summed E-state index contributed by atoms with van der Waals surface area (Å²) in [6.45, 7) is 3.57. The fourth-order valence-corrected chi connectivity index (χ4v) is 2.65. The molecule has 4 nitrogen and oxygen atoms in total. The highest BCUT2D eigenvalue weighted by atomic mass is 35.5. The number of nitrogens with zero attached hydrogens (tertiary/aromatic N) is 1. The normalized spacial score (nSPS) is 17.6. The van der Waals surface area contributed by atoms with Crippen molar-refractivity contribution in [1.82, 2.24) is 10.2 Å². The quantitative estimate of drug-likeness (QED) is 0.780. The van der Waals surface area contributed by atoms with Gasteiger partial charge in [0.15, 0.2) is 0 Å². The third-order valence-electron chi connectivity index (χ3n) is 3.76. The molecule has 1 unspecified atom stereocenters. The van der Waals surface area contributed by atoms with E-state index in [0.29, 0.717) is 19.1 Å². The summed E-state index contributed by atoms with van der Waals surface area (Å²) in [5.41, 5.74) is 1.37. The molecule has 1 aliphatic heterocycles. The van der Waals surface area contributed by atoms with Crippen LogP contribution in [0.2, 0.25) is 0 Å². The van der Waals surface area contributed by atoms with Crippen LogP contribution in [-0.2, 0) is 16.0 Å². The van der Waals surface area contributed by atoms with Gasteiger partial charge < -0.3 is 15.0 Å². The minimum atomic E-state index is 0. The molecule has 1 saturated heterocycles. The number of amides is 1. The van der Waals surface area contributed by atoms with Gasteiger partial charge in [0.05, 0.1) is 13.2 Å². The first-order valence-electron chi connectivity index (χ1n) is 7.31. The Balaban J connectivity index is 0.00000220. The summed E-state index contributed by atoms with van der Waals surface area (Å²) in [5.74, 6) is 0.803. The molecule has 0 bridgehead atoms. The van der Waals surface area contributed by atoms with Crippen molar-refractivity contribution in [3.63, 3.8) is 0 Å². The van der Waals surface area contributed by atoms with Crippen molar-refractivity contribution >= 4 is 18.3 Å². The zero-order valence-electron chi connectivity index (χ0n) is 12.6. The van der Waals surface area contributed by atoms with E-state index in [1.54, 1.807) is 7.11 Å². The highest BCUT2D eigenvalue weighted by Gasteiger charge is 2.25. The highest BCUT2D eigenvalue weighted by molar-refractivity contribution is 5.85. The summed E-state index contributed by atoms with van der Waals surface area (Å²) in [7, 11) is 1.66. The average molecular weight is 313 g/mol. The van der Waals surface area contributed by atoms with Crippen molar-refractivity contribution in [2.24, 2.45) is 5.92 Å². The molecule has 1 fully saturated rings. The lowest BCUT2D eigenvalue weighted by Gasteiger charge is -2.17. The van der Waals surface area contributed by atoms with Crippen molar-refractivity contribution in [1.29, 1.82) is 0 Å². The number of rotatable bonds is 7. The van der Waals surface area contributed by atoms with Crippen LogP contribution in [0.5, 0.6) is 0 Å². The number of methoxy groups -OCH3 is 1. The molecule has 1 aromatic carbocycles. The fourth-order valence-electron chi connectivity index (χ4n) is 2.65. The molecule has 1 aromatic rings. The number of ether oxygens (including phenoxy) is 1. The second kappa shape index (κ2) is 9.77. The van der Waals surface area contributed by atoms with Gasteiger partial charge in [-0.05, 0) is 24.3 Å². The SMILES string of the molecule is COCCNCC(=O)N1CCC(Cc2ccccc2)C1.Cl. The number of likely N-dealkylation sites (tertiary alicyclic amines) is 1. The first-order valence-corrected chi connectivity index (χ1v) is 7.31. The van der Waals surface area contributed by atoms with Gasteiger partial charge in [-0.2, -0.15) is 0 Å². The smallest absolute Gasteiger partial charge is 0.236 e. The number of hydrogen-bond donors (Lipinski definition) is 1. The Morgan fingerprint density at radius 3 is 2.86 bits per heavy atom. The van der Waals surface area contributed by atoms with Gasteiger partial charge in [-0.25, -0.2) is 0 Å². The molecule has 1 aliphatic rings. The molecule has 1 amide bonds. The molecule has 21 heavy (non-hydrogen) atoms. The molecule has 0 aliphatic carbocycles. The maximum Gasteiger partial charge on any atom is 0.236 e. The summed E-state index contributed by atoms with van der Waals surface area (Å²) >= 11 is 0. The van der Waals surface area contributed by atoms with E-state index in [4.69, 9.17) is 4.74 Å². The predicted octanol–water partition coefficient (Wildman–Crippen LogP) is 1.74. The number of halogens is 1. The second-order valence-corrected chi connectivity index (χ2v) is 5.35. The van der Waals surface area contributed by atoms with E-state index < -0.39 is 0 Å². The Morgan fingerprint density at radius 2 is 2.14 bits per heavy atom. The summed E-state index contributed by atoms with van der Waals surface area (Å²) in [5, 5.41) is 3.11. The second-order valence-electron chi connectivity index (χ2n) is 5.35. The Kier molecular flexibility index (Phi) is 8.35. The lowest BCUT2D eigenvalue weighted by molar-refractivity contribution is -0.129. The maximum atomic E-state index is 12.0. The van der Waals surface area contributed by atoms with Crippen LogP contribution in [0.25, 0.3) is 0 Å². The van der Waals surface area contributed by atoms with Crippen molar-refractivity contribution in [2.75, 3.05) is 39.9 Å². The van der Waals surface area contributed by atoms with E-state index in [0.717, 1.165) is 32.5 Å². The number of carbonyl (C=O) groups excluding carboxylic acids is 1. The van der Waals surface area contributed by atoms with Crippen LogP contribution in [-0.4, -0.2) is 50.7 Å². The monoisotopic (exact) mass is 312 g/mol. The molecule has 1 N–H and O–H groups in total. The van der Waals surface area contributed by atoms with Gasteiger partial charge in [0.25, 0.3) is 0 Å². The molecule has 1 atom stereocenters. The molecule has 0 aromatic heterocycles. The number of nitrogens with one attached hydrogen (secondary N) is 1. The largest absolute Gasteiger partial charge is 0.383 e. The average Bonchev–Trinajstić information content (AvgIpc) is 2.93. The molecule has 1 heterocycles. The molecule has 0 saturated carbocycles. The Labute approximate surface area is 133 Å². The van der Waals surface area contributed by atoms with Gasteiger partial charge in [-0.3, -0.25) is 4.79 Å². The van der Waals surface area contributed by atoms with Gasteiger partial charge in [-0.15, -0.1) is 12.4 Å². The minimum Gasteiger partial charge on any atom is -0.383 e. The van der Waals surface area contributed by atoms with Crippen molar-refractivity contribution in [2.45, 2.75) is 12.8 Å². The van der Waals surface area contributed by atoms with Crippen molar-refractivity contribution < 1.29 is 9.53 Å². The van der Waals surface area contributed by atoms with E-state index in [2.05, 4.69) is 29.6 Å². The molecule has 5 heteroatoms. The lowest BCUT2D eigenvalue weighted by atomic mass is 9.99. The van der Waals surface area contributed by atoms with Gasteiger partial charge in [0.1, 0.15) is 0 Å². The summed E-state index contributed by atoms with van der Waals surface area (Å²) < 4.78 is 4.95. The standard InChI is InChI=1S/C16H24N2O2.ClH/c1-20-10-8-17-12-16(19)18-9-7-15(13-18)11-14-5-3-2-4-6-14;/h2-6,15,17H,7-13H2,1H3;1H. The minimum absolute atomic E-state index is 0. The Hall–Kier alpha value is -1.10. The molecule has 0 spiro atoms. The topological polar surface area (TPSA) is 41.6 Å². The van der Waals surface area contributed by atoms with Crippen LogP contribution >= 0.6 is 12.4 Å². The summed E-state index contributed by atoms with van der Waals surface area (Å²) in [6, 6.07) is 10.5. The van der Waals surface area contributed by atoms with Gasteiger partial charge in [-0.1, -0.05) is 30.3 Å². The van der Waals surface area contributed by atoms with Crippen LogP contribution in [0.15, 0.2) is 30.3 Å². The van der Waals surface area contributed by atoms with E-state index in [1.165, 1.54) is 5.56 Å². The van der Waals surface area contributed by atoms with Gasteiger partial charge >= 0.3 is 0 Å². The number of benzene rings is 1. The number of carbonyl (C=O) groups is 1. The van der Waals surface area contributed by atoms with E-state index >= 15 is 0 Å². The van der Waals surface area contributed by atoms with E-state index in [1.807, 2.05) is 11.0 Å². The van der Waals surface area contributed by atoms with Crippen molar-refractivity contribution in [3.05, 3.63) is 35.9 Å². The first kappa shape index (κ1) is 18.0. The fraction of sp³-hybridized carbons (Fsp3) is 0.562. The van der Waals surface area contributed by atoms with Crippen LogP contribution < -0.4 is 5.32 Å². The number of hydrogen-bond acceptors (Lipinski definition) is 3. The molecule has 0 radical (unpaired) electrons. The predicted molar refractivity (Wildman–Crippen MR) is 86.8 cm³/mol. The van der Waals surface area contributed by atoms with Crippen molar-refractivity contribution in [3.8, 4) is 0 Å². The zero-order valence-corrected chi connectivity index (χ0v) is 13.4. The summed E-state index contributed by atoms with van der Waals surface area (Å²) in [6.07, 6.45) is 2.18. The Bertz CT molecular complexity index is 414. The molecule has 2 rings (SSSR count). The zero-order chi connectivity index (χ0) is 14.2. The van der Waals surface area contributed by atoms with Gasteiger partial charge in [0.2, 0.25) is 5.91 Å². The van der Waals surface area contributed by atoms with E-state index in [9.17, 15) is 4.79 Å². The highest BCUT2D eigenvalue weighted by Crippen LogP contribution is 2.20. The third kappa shape index (κ3) is 6.04. The van der Waals surface area contributed by atoms with E-state index in [-0.39, 0.29) is 18.3 Å². The maximum absolute atomic E-state index is 12.0. The lowest BCUT2D eigenvalue weighted by Crippen LogP contribution is -2.37. The Morgan fingerprint density at radius 1 is 1.38 bits per heavy atom. The van der Waals surface area contributed by atoms with Crippen LogP contribution in [0, 0.1) is 5.92 Å². The van der Waals surface area contributed by atoms with Gasteiger partial charge in [0, 0.05) is 26.7 Å². The molecular weight excluding hydrogens is 288 g/mol. The van der Waals surface area contributed by atoms with Crippen LogP contribution in [0.4, 0.5) is 0 Å². The van der Waals surface area contributed by atoms with Crippen LogP contribution in [0.1, 0.15) is 12.0 Å².